The Balaban J connectivity index is 1.47. The van der Waals surface area contributed by atoms with Gasteiger partial charge in [-0.15, -0.1) is 0 Å². The van der Waals surface area contributed by atoms with E-state index < -0.39 is 17.3 Å². The molecule has 1 fully saturated rings. The van der Waals surface area contributed by atoms with Crippen molar-refractivity contribution in [1.82, 2.24) is 10.2 Å². The van der Waals surface area contributed by atoms with E-state index in [2.05, 4.69) is 10.2 Å². The first-order chi connectivity index (χ1) is 13.3. The molecule has 0 radical (unpaired) electrons. The molecule has 148 valence electrons. The average Bonchev–Trinajstić information content (AvgIpc) is 2.79. The number of rotatable bonds is 2. The van der Waals surface area contributed by atoms with Crippen molar-refractivity contribution in [2.45, 2.75) is 31.1 Å². The van der Waals surface area contributed by atoms with E-state index >= 15 is 0 Å². The summed E-state index contributed by atoms with van der Waals surface area (Å²) in [6, 6.07) is 12.4. The van der Waals surface area contributed by atoms with E-state index in [1.165, 1.54) is 12.1 Å². The summed E-state index contributed by atoms with van der Waals surface area (Å²) in [6.45, 7) is 2.32. The van der Waals surface area contributed by atoms with Crippen LogP contribution in [0.4, 0.5) is 13.2 Å². The highest BCUT2D eigenvalue weighted by molar-refractivity contribution is 5.97. The fourth-order valence-electron chi connectivity index (χ4n) is 3.98. The third-order valence-corrected chi connectivity index (χ3v) is 5.36. The van der Waals surface area contributed by atoms with E-state index in [1.807, 2.05) is 6.07 Å². The molecule has 1 atom stereocenters. The summed E-state index contributed by atoms with van der Waals surface area (Å²) >= 11 is 0. The number of ether oxygens (including phenoxy) is 1. The maximum absolute atomic E-state index is 12.7. The summed E-state index contributed by atoms with van der Waals surface area (Å²) in [5.41, 5.74) is 0.197. The number of hydrogen-bond acceptors (Lipinski definition) is 3. The normalized spacial score (nSPS) is 22.9. The molecule has 0 aliphatic carbocycles. The van der Waals surface area contributed by atoms with Crippen LogP contribution in [0.1, 0.15) is 34.3 Å². The van der Waals surface area contributed by atoms with Crippen molar-refractivity contribution in [1.29, 1.82) is 0 Å². The molecule has 2 aromatic rings. The van der Waals surface area contributed by atoms with Crippen molar-refractivity contribution in [2.24, 2.45) is 0 Å². The van der Waals surface area contributed by atoms with Crippen LogP contribution >= 0.6 is 0 Å². The van der Waals surface area contributed by atoms with Gasteiger partial charge in [0.1, 0.15) is 12.4 Å². The van der Waals surface area contributed by atoms with Gasteiger partial charge in [-0.25, -0.2) is 0 Å². The zero-order valence-corrected chi connectivity index (χ0v) is 15.3. The zero-order chi connectivity index (χ0) is 19.8. The Morgan fingerprint density at radius 2 is 1.86 bits per heavy atom. The highest BCUT2D eigenvalue weighted by atomic mass is 19.4. The molecule has 0 aromatic heterocycles. The number of carbonyl (C=O) groups excluding carboxylic acids is 1. The van der Waals surface area contributed by atoms with Crippen LogP contribution in [-0.4, -0.2) is 36.0 Å². The quantitative estimate of drug-likeness (QED) is 0.847. The second-order valence-electron chi connectivity index (χ2n) is 7.53. The maximum Gasteiger partial charge on any atom is 0.416 e. The van der Waals surface area contributed by atoms with Gasteiger partial charge in [-0.3, -0.25) is 9.69 Å². The third kappa shape index (κ3) is 3.85. The molecule has 28 heavy (non-hydrogen) atoms. The topological polar surface area (TPSA) is 41.6 Å². The van der Waals surface area contributed by atoms with Crippen LogP contribution in [0.25, 0.3) is 0 Å². The number of alkyl halides is 3. The lowest BCUT2D eigenvalue weighted by Gasteiger charge is -2.42. The summed E-state index contributed by atoms with van der Waals surface area (Å²) in [7, 11) is 0. The molecule has 2 aromatic carbocycles. The van der Waals surface area contributed by atoms with Gasteiger partial charge >= 0.3 is 6.18 Å². The number of halogens is 3. The Morgan fingerprint density at radius 1 is 1.11 bits per heavy atom. The van der Waals surface area contributed by atoms with Crippen LogP contribution in [0.15, 0.2) is 48.5 Å². The van der Waals surface area contributed by atoms with Gasteiger partial charge in [0, 0.05) is 13.1 Å². The molecule has 0 saturated carbocycles. The molecule has 1 spiro atoms. The highest BCUT2D eigenvalue weighted by Gasteiger charge is 2.40. The first-order valence-corrected chi connectivity index (χ1v) is 9.28. The largest absolute Gasteiger partial charge is 0.490 e. The lowest BCUT2D eigenvalue weighted by molar-refractivity contribution is -0.137. The summed E-state index contributed by atoms with van der Waals surface area (Å²) in [5, 5.41) is 3.14. The minimum Gasteiger partial charge on any atom is -0.490 e. The molecule has 1 N–H and O–H groups in total. The van der Waals surface area contributed by atoms with Crippen molar-refractivity contribution in [3.05, 3.63) is 65.2 Å². The molecule has 0 bridgehead atoms. The lowest BCUT2D eigenvalue weighted by atomic mass is 9.89. The zero-order valence-electron chi connectivity index (χ0n) is 15.3. The molecular weight excluding hydrogens is 369 g/mol. The van der Waals surface area contributed by atoms with Crippen molar-refractivity contribution in [3.8, 4) is 5.75 Å². The monoisotopic (exact) mass is 390 g/mol. The molecule has 1 saturated heterocycles. The summed E-state index contributed by atoms with van der Waals surface area (Å²) < 4.78 is 44.1. The molecule has 1 amide bonds. The van der Waals surface area contributed by atoms with Gasteiger partial charge in [0.25, 0.3) is 5.91 Å². The predicted octanol–water partition coefficient (Wildman–Crippen LogP) is 3.86. The van der Waals surface area contributed by atoms with E-state index in [0.717, 1.165) is 37.1 Å². The number of piperidine rings is 1. The number of carbonyl (C=O) groups is 1. The van der Waals surface area contributed by atoms with Crippen molar-refractivity contribution >= 4 is 5.91 Å². The van der Waals surface area contributed by atoms with Gasteiger partial charge < -0.3 is 10.1 Å². The molecule has 2 heterocycles. The van der Waals surface area contributed by atoms with Crippen LogP contribution in [0.3, 0.4) is 0 Å². The SMILES string of the molecule is O=C1NC2(CCCN(Cc3ccc(C(F)(F)F)cc3)C2)COc2ccccc21. The van der Waals surface area contributed by atoms with Crippen molar-refractivity contribution < 1.29 is 22.7 Å². The minimum atomic E-state index is -4.33. The predicted molar refractivity (Wildman–Crippen MR) is 98.1 cm³/mol. The van der Waals surface area contributed by atoms with Crippen LogP contribution in [-0.2, 0) is 12.7 Å². The first-order valence-electron chi connectivity index (χ1n) is 9.28. The number of hydrogen-bond donors (Lipinski definition) is 1. The second kappa shape index (κ2) is 7.13. The molecule has 1 unspecified atom stereocenters. The van der Waals surface area contributed by atoms with E-state index in [1.54, 1.807) is 18.2 Å². The van der Waals surface area contributed by atoms with E-state index in [-0.39, 0.29) is 5.91 Å². The van der Waals surface area contributed by atoms with E-state index in [0.29, 0.717) is 31.0 Å². The van der Waals surface area contributed by atoms with E-state index in [9.17, 15) is 18.0 Å². The molecule has 7 heteroatoms. The Hall–Kier alpha value is -2.54. The molecule has 4 nitrogen and oxygen atoms in total. The van der Waals surface area contributed by atoms with E-state index in [4.69, 9.17) is 4.74 Å². The Kier molecular flexibility index (Phi) is 4.79. The number of nitrogens with one attached hydrogen (secondary N) is 1. The first kappa shape index (κ1) is 18.8. The summed E-state index contributed by atoms with van der Waals surface area (Å²) in [5.74, 6) is 0.432. The lowest BCUT2D eigenvalue weighted by Crippen LogP contribution is -2.60. The van der Waals surface area contributed by atoms with Crippen LogP contribution < -0.4 is 10.1 Å². The number of fused-ring (bicyclic) bond motifs is 1. The minimum absolute atomic E-state index is 0.149. The average molecular weight is 390 g/mol. The smallest absolute Gasteiger partial charge is 0.416 e. The summed E-state index contributed by atoms with van der Waals surface area (Å²) in [6.07, 6.45) is -2.65. The van der Waals surface area contributed by atoms with Gasteiger partial charge in [0.15, 0.2) is 0 Å². The van der Waals surface area contributed by atoms with Crippen molar-refractivity contribution in [3.63, 3.8) is 0 Å². The number of amides is 1. The highest BCUT2D eigenvalue weighted by Crippen LogP contribution is 2.31. The fourth-order valence-corrected chi connectivity index (χ4v) is 3.98. The number of nitrogens with zero attached hydrogens (tertiary/aromatic N) is 1. The number of benzene rings is 2. The summed E-state index contributed by atoms with van der Waals surface area (Å²) in [4.78, 5) is 14.8. The van der Waals surface area contributed by atoms with Gasteiger partial charge in [-0.05, 0) is 49.2 Å². The van der Waals surface area contributed by atoms with Gasteiger partial charge in [-0.1, -0.05) is 24.3 Å². The van der Waals surface area contributed by atoms with Crippen molar-refractivity contribution in [2.75, 3.05) is 19.7 Å². The third-order valence-electron chi connectivity index (χ3n) is 5.36. The number of para-hydroxylation sites is 1. The van der Waals surface area contributed by atoms with Gasteiger partial charge in [0.2, 0.25) is 0 Å². The van der Waals surface area contributed by atoms with Crippen LogP contribution in [0, 0.1) is 0 Å². The number of likely N-dealkylation sites (tertiary alicyclic amines) is 1. The van der Waals surface area contributed by atoms with Gasteiger partial charge in [-0.2, -0.15) is 13.2 Å². The maximum atomic E-state index is 12.7. The molecule has 4 rings (SSSR count). The Labute approximate surface area is 161 Å². The van der Waals surface area contributed by atoms with Crippen LogP contribution in [0.2, 0.25) is 0 Å². The van der Waals surface area contributed by atoms with Gasteiger partial charge in [0.05, 0.1) is 16.7 Å². The van der Waals surface area contributed by atoms with Crippen LogP contribution in [0.5, 0.6) is 5.75 Å². The molecule has 2 aliphatic rings. The molecule has 2 aliphatic heterocycles. The Bertz CT molecular complexity index is 867. The molecular formula is C21H21F3N2O2. The fraction of sp³-hybridized carbons (Fsp3) is 0.381. The standard InChI is InChI=1S/C21H21F3N2O2/c22-21(23,24)16-8-6-15(7-9-16)12-26-11-3-10-20(13-26)14-28-18-5-2-1-4-17(18)19(27)25-20/h1-2,4-9H,3,10-14H2,(H,25,27). The Morgan fingerprint density at radius 3 is 2.61 bits per heavy atom. The second-order valence-corrected chi connectivity index (χ2v) is 7.53.